The highest BCUT2D eigenvalue weighted by Crippen LogP contribution is 2.35. The van der Waals surface area contributed by atoms with Gasteiger partial charge in [0.05, 0.1) is 27.0 Å². The van der Waals surface area contributed by atoms with Crippen molar-refractivity contribution in [2.75, 3.05) is 17.1 Å². The van der Waals surface area contributed by atoms with Gasteiger partial charge in [-0.25, -0.2) is 12.8 Å². The first-order valence-corrected chi connectivity index (χ1v) is 15.8. The monoisotopic (exact) mass is 641 g/mol. The molecule has 0 saturated heterocycles. The predicted octanol–water partition coefficient (Wildman–Crippen LogP) is 6.11. The maximum Gasteiger partial charge on any atom is 0.244 e. The molecule has 0 aliphatic rings. The summed E-state index contributed by atoms with van der Waals surface area (Å²) in [6.45, 7) is 2.72. The van der Waals surface area contributed by atoms with Crippen molar-refractivity contribution >= 4 is 62.3 Å². The first kappa shape index (κ1) is 32.7. The number of carbonyl (C=O) groups is 2. The highest BCUT2D eigenvalue weighted by molar-refractivity contribution is 7.92. The molecule has 0 spiro atoms. The van der Waals surface area contributed by atoms with Gasteiger partial charge in [-0.15, -0.1) is 0 Å². The van der Waals surface area contributed by atoms with Crippen LogP contribution in [0.3, 0.4) is 0 Å². The van der Waals surface area contributed by atoms with Crippen molar-refractivity contribution in [3.63, 3.8) is 0 Å². The summed E-state index contributed by atoms with van der Waals surface area (Å²) in [7, 11) is -4.08. The summed E-state index contributed by atoms with van der Waals surface area (Å²) in [6, 6.07) is 16.2. The van der Waals surface area contributed by atoms with E-state index in [9.17, 15) is 22.4 Å². The van der Waals surface area contributed by atoms with Gasteiger partial charge in [0.2, 0.25) is 21.8 Å². The molecular weight excluding hydrogens is 612 g/mol. The third-order valence-electron chi connectivity index (χ3n) is 6.51. The Hall–Kier alpha value is -2.85. The lowest BCUT2D eigenvalue weighted by atomic mass is 10.0. The number of nitrogens with zero attached hydrogens (tertiary/aromatic N) is 2. The fraction of sp³-hybridized carbons (Fsp3) is 0.310. The number of hydrogen-bond donors (Lipinski definition) is 1. The standard InChI is InChI=1S/C29H31Cl3FN3O4S/c1-4-19(2)34-29(38)27(14-20-10-6-5-7-11-20)35(17-21-12-8-9-13-25(21)33)28(37)18-36(41(3,39)40)26-16-23(31)22(30)15-24(26)32/h5-13,15-16,19,27H,4,14,17-18H2,1-3H3,(H,34,38)/t19-,27+/m1/s1. The normalized spacial score (nSPS) is 12.9. The third kappa shape index (κ3) is 8.82. The average Bonchev–Trinajstić information content (AvgIpc) is 2.92. The van der Waals surface area contributed by atoms with Gasteiger partial charge in [0.25, 0.3) is 0 Å². The van der Waals surface area contributed by atoms with Gasteiger partial charge in [0.15, 0.2) is 0 Å². The Kier molecular flexibility index (Phi) is 11.4. The number of halogens is 4. The van der Waals surface area contributed by atoms with Crippen LogP contribution in [0.5, 0.6) is 0 Å². The smallest absolute Gasteiger partial charge is 0.244 e. The first-order valence-electron chi connectivity index (χ1n) is 12.8. The summed E-state index contributed by atoms with van der Waals surface area (Å²) in [4.78, 5) is 28.9. The van der Waals surface area contributed by atoms with E-state index in [0.717, 1.165) is 16.1 Å². The summed E-state index contributed by atoms with van der Waals surface area (Å²) in [5.41, 5.74) is 0.857. The molecule has 1 N–H and O–H groups in total. The second-order valence-corrected chi connectivity index (χ2v) is 12.8. The molecule has 2 amide bonds. The van der Waals surface area contributed by atoms with Crippen LogP contribution in [0.4, 0.5) is 10.1 Å². The van der Waals surface area contributed by atoms with E-state index < -0.39 is 40.2 Å². The lowest BCUT2D eigenvalue weighted by Crippen LogP contribution is -2.54. The predicted molar refractivity (Wildman–Crippen MR) is 162 cm³/mol. The molecule has 41 heavy (non-hydrogen) atoms. The van der Waals surface area contributed by atoms with Crippen LogP contribution in [0.2, 0.25) is 15.1 Å². The van der Waals surface area contributed by atoms with Crippen LogP contribution < -0.4 is 9.62 Å². The Morgan fingerprint density at radius 3 is 2.17 bits per heavy atom. The van der Waals surface area contributed by atoms with Crippen molar-refractivity contribution in [3.8, 4) is 0 Å². The zero-order valence-corrected chi connectivity index (χ0v) is 25.9. The van der Waals surface area contributed by atoms with Crippen molar-refractivity contribution in [1.29, 1.82) is 0 Å². The van der Waals surface area contributed by atoms with E-state index in [1.165, 1.54) is 35.2 Å². The highest BCUT2D eigenvalue weighted by atomic mass is 35.5. The molecular formula is C29H31Cl3FN3O4S. The maximum absolute atomic E-state index is 14.8. The number of amides is 2. The van der Waals surface area contributed by atoms with E-state index in [1.807, 2.05) is 32.0 Å². The molecule has 3 aromatic rings. The molecule has 220 valence electrons. The Balaban J connectivity index is 2.11. The summed E-state index contributed by atoms with van der Waals surface area (Å²) < 4.78 is 41.4. The average molecular weight is 643 g/mol. The van der Waals surface area contributed by atoms with Crippen LogP contribution in [0, 0.1) is 5.82 Å². The number of hydrogen-bond acceptors (Lipinski definition) is 4. The van der Waals surface area contributed by atoms with Crippen molar-refractivity contribution in [2.24, 2.45) is 0 Å². The SMILES string of the molecule is CC[C@@H](C)NC(=O)[C@H](Cc1ccccc1)N(Cc1ccccc1F)C(=O)CN(c1cc(Cl)c(Cl)cc1Cl)S(C)(=O)=O. The van der Waals surface area contributed by atoms with Gasteiger partial charge in [0, 0.05) is 24.6 Å². The highest BCUT2D eigenvalue weighted by Gasteiger charge is 2.34. The zero-order valence-electron chi connectivity index (χ0n) is 22.8. The molecule has 2 atom stereocenters. The molecule has 0 fully saturated rings. The molecule has 0 aliphatic heterocycles. The number of carbonyl (C=O) groups excluding carboxylic acids is 2. The first-order chi connectivity index (χ1) is 19.3. The number of rotatable bonds is 12. The molecule has 3 aromatic carbocycles. The molecule has 0 bridgehead atoms. The van der Waals surface area contributed by atoms with Crippen molar-refractivity contribution in [3.05, 3.63) is 98.7 Å². The summed E-state index contributed by atoms with van der Waals surface area (Å²) in [6.07, 6.45) is 1.66. The maximum atomic E-state index is 14.8. The van der Waals surface area contributed by atoms with Gasteiger partial charge in [-0.3, -0.25) is 13.9 Å². The van der Waals surface area contributed by atoms with Gasteiger partial charge in [-0.1, -0.05) is 90.3 Å². The van der Waals surface area contributed by atoms with E-state index in [1.54, 1.807) is 18.2 Å². The second-order valence-electron chi connectivity index (χ2n) is 9.62. The lowest BCUT2D eigenvalue weighted by molar-refractivity contribution is -0.140. The molecule has 7 nitrogen and oxygen atoms in total. The minimum atomic E-state index is -4.08. The topological polar surface area (TPSA) is 86.8 Å². The largest absolute Gasteiger partial charge is 0.352 e. The van der Waals surface area contributed by atoms with Crippen LogP contribution in [-0.2, 0) is 32.6 Å². The van der Waals surface area contributed by atoms with Crippen molar-refractivity contribution < 1.29 is 22.4 Å². The van der Waals surface area contributed by atoms with E-state index in [0.29, 0.717) is 6.42 Å². The van der Waals surface area contributed by atoms with Gasteiger partial charge >= 0.3 is 0 Å². The number of nitrogens with one attached hydrogen (secondary N) is 1. The van der Waals surface area contributed by atoms with Crippen molar-refractivity contribution in [2.45, 2.75) is 45.3 Å². The summed E-state index contributed by atoms with van der Waals surface area (Å²) in [5, 5.41) is 3.00. The lowest BCUT2D eigenvalue weighted by Gasteiger charge is -2.34. The molecule has 0 saturated carbocycles. The van der Waals surface area contributed by atoms with Crippen LogP contribution in [0.25, 0.3) is 0 Å². The summed E-state index contributed by atoms with van der Waals surface area (Å²) >= 11 is 18.5. The Bertz CT molecular complexity index is 1490. The fourth-order valence-electron chi connectivity index (χ4n) is 4.10. The molecule has 0 aliphatic carbocycles. The molecule has 0 heterocycles. The third-order valence-corrected chi connectivity index (χ3v) is 8.66. The van der Waals surface area contributed by atoms with Gasteiger partial charge in [-0.2, -0.15) is 0 Å². The number of anilines is 1. The van der Waals surface area contributed by atoms with Crippen molar-refractivity contribution in [1.82, 2.24) is 10.2 Å². The molecule has 0 aromatic heterocycles. The Labute approximate surface area is 255 Å². The summed E-state index contributed by atoms with van der Waals surface area (Å²) in [5.74, 6) is -1.77. The number of sulfonamides is 1. The van der Waals surface area contributed by atoms with Crippen LogP contribution >= 0.6 is 34.8 Å². The van der Waals surface area contributed by atoms with E-state index in [-0.39, 0.29) is 45.3 Å². The number of benzene rings is 3. The van der Waals surface area contributed by atoms with Gasteiger partial charge < -0.3 is 10.2 Å². The quantitative estimate of drug-likeness (QED) is 0.242. The van der Waals surface area contributed by atoms with E-state index in [2.05, 4.69) is 5.32 Å². The van der Waals surface area contributed by atoms with Gasteiger partial charge in [-0.05, 0) is 37.1 Å². The molecule has 3 rings (SSSR count). The minimum absolute atomic E-state index is 0.0327. The molecule has 12 heteroatoms. The van der Waals surface area contributed by atoms with Crippen LogP contribution in [-0.4, -0.2) is 50.0 Å². The second kappa shape index (κ2) is 14.4. The fourth-order valence-corrected chi connectivity index (χ4v) is 5.65. The van der Waals surface area contributed by atoms with Gasteiger partial charge in [0.1, 0.15) is 18.4 Å². The van der Waals surface area contributed by atoms with E-state index in [4.69, 9.17) is 34.8 Å². The minimum Gasteiger partial charge on any atom is -0.352 e. The zero-order chi connectivity index (χ0) is 30.3. The Morgan fingerprint density at radius 2 is 1.56 bits per heavy atom. The molecule has 0 unspecified atom stereocenters. The van der Waals surface area contributed by atoms with Crippen LogP contribution in [0.15, 0.2) is 66.7 Å². The van der Waals surface area contributed by atoms with E-state index >= 15 is 0 Å². The Morgan fingerprint density at radius 1 is 0.951 bits per heavy atom. The van der Waals surface area contributed by atoms with Crippen LogP contribution in [0.1, 0.15) is 31.4 Å². The molecule has 0 radical (unpaired) electrons.